The van der Waals surface area contributed by atoms with E-state index in [-0.39, 0.29) is 0 Å². The summed E-state index contributed by atoms with van der Waals surface area (Å²) in [6.07, 6.45) is 1.91. The predicted molar refractivity (Wildman–Crippen MR) is 42.1 cm³/mol. The van der Waals surface area contributed by atoms with Gasteiger partial charge in [-0.3, -0.25) is 4.79 Å². The topological polar surface area (TPSA) is 80.6 Å². The predicted octanol–water partition coefficient (Wildman–Crippen LogP) is -0.328. The molecule has 0 aromatic carbocycles. The maximum atomic E-state index is 11.0. The van der Waals surface area contributed by atoms with E-state index in [4.69, 9.17) is 0 Å². The molecule has 12 heavy (non-hydrogen) atoms. The fraction of sp³-hybridized carbons (Fsp3) is 0.667. The Balaban J connectivity index is 5.14. The highest BCUT2D eigenvalue weighted by atomic mass is 32.2. The van der Waals surface area contributed by atoms with Crippen LogP contribution in [-0.4, -0.2) is 31.4 Å². The molecule has 0 aromatic rings. The number of aliphatic imine (C=N–C) groups is 1. The van der Waals surface area contributed by atoms with E-state index < -0.39 is 20.5 Å². The molecular weight excluding hydrogens is 182 g/mol. The zero-order valence-electron chi connectivity index (χ0n) is 6.99. The molecule has 0 aromatic heterocycles. The van der Waals surface area contributed by atoms with Gasteiger partial charge in [-0.25, -0.2) is 13.2 Å². The highest BCUT2D eigenvalue weighted by molar-refractivity contribution is 7.92. The second-order valence-corrected chi connectivity index (χ2v) is 5.36. The highest BCUT2D eigenvalue weighted by Crippen LogP contribution is 2.16. The summed E-state index contributed by atoms with van der Waals surface area (Å²) in [5.74, 6) is -1.00. The fourth-order valence-electron chi connectivity index (χ4n) is 0.335. The van der Waals surface area contributed by atoms with Gasteiger partial charge in [0.15, 0.2) is 9.84 Å². The standard InChI is InChI=1S/C6H9NO4S/c1-6(2,12(3,10)11)5(9)7-4-8/h1-3H3. The molecule has 0 saturated carbocycles. The first kappa shape index (κ1) is 11.0. The molecule has 0 aliphatic carbocycles. The number of sulfone groups is 1. The normalized spacial score (nSPS) is 11.9. The zero-order valence-corrected chi connectivity index (χ0v) is 7.80. The van der Waals surface area contributed by atoms with Crippen molar-refractivity contribution in [2.24, 2.45) is 4.99 Å². The summed E-state index contributed by atoms with van der Waals surface area (Å²) in [6.45, 7) is 2.37. The molecule has 68 valence electrons. The van der Waals surface area contributed by atoms with Crippen LogP contribution in [0.15, 0.2) is 4.99 Å². The molecule has 6 heteroatoms. The smallest absolute Gasteiger partial charge is 0.270 e. The van der Waals surface area contributed by atoms with Gasteiger partial charge in [0, 0.05) is 6.26 Å². The minimum absolute atomic E-state index is 0.908. The summed E-state index contributed by atoms with van der Waals surface area (Å²) in [7, 11) is -3.55. The molecular formula is C6H9NO4S. The Morgan fingerprint density at radius 1 is 1.42 bits per heavy atom. The van der Waals surface area contributed by atoms with Crippen molar-refractivity contribution in [3.05, 3.63) is 0 Å². The van der Waals surface area contributed by atoms with Crippen molar-refractivity contribution in [3.8, 4) is 0 Å². The van der Waals surface area contributed by atoms with E-state index >= 15 is 0 Å². The summed E-state index contributed by atoms with van der Waals surface area (Å²) < 4.78 is 20.3. The third-order valence-electron chi connectivity index (χ3n) is 1.59. The van der Waals surface area contributed by atoms with Crippen LogP contribution < -0.4 is 0 Å². The van der Waals surface area contributed by atoms with Gasteiger partial charge in [-0.2, -0.15) is 0 Å². The number of carbonyl (C=O) groups is 1. The molecule has 0 atom stereocenters. The molecule has 0 aliphatic rings. The second kappa shape index (κ2) is 3.16. The molecule has 0 saturated heterocycles. The van der Waals surface area contributed by atoms with Crippen molar-refractivity contribution < 1.29 is 18.0 Å². The van der Waals surface area contributed by atoms with E-state index in [0.717, 1.165) is 12.3 Å². The first-order valence-electron chi connectivity index (χ1n) is 3.05. The van der Waals surface area contributed by atoms with Crippen LogP contribution in [0.5, 0.6) is 0 Å². The molecule has 0 fully saturated rings. The Morgan fingerprint density at radius 2 is 1.83 bits per heavy atom. The Morgan fingerprint density at radius 3 is 2.08 bits per heavy atom. The lowest BCUT2D eigenvalue weighted by atomic mass is 10.2. The van der Waals surface area contributed by atoms with E-state index in [0.29, 0.717) is 0 Å². The monoisotopic (exact) mass is 191 g/mol. The summed E-state index contributed by atoms with van der Waals surface area (Å²) >= 11 is 0. The summed E-state index contributed by atoms with van der Waals surface area (Å²) in [6, 6.07) is 0. The maximum Gasteiger partial charge on any atom is 0.277 e. The summed E-state index contributed by atoms with van der Waals surface area (Å²) in [4.78, 5) is 23.3. The van der Waals surface area contributed by atoms with E-state index in [1.165, 1.54) is 13.8 Å². The van der Waals surface area contributed by atoms with Gasteiger partial charge in [-0.05, 0) is 13.8 Å². The maximum absolute atomic E-state index is 11.0. The number of nitrogens with zero attached hydrogens (tertiary/aromatic N) is 1. The molecule has 0 radical (unpaired) electrons. The molecule has 0 aliphatic heterocycles. The Bertz CT molecular complexity index is 335. The third kappa shape index (κ3) is 1.99. The van der Waals surface area contributed by atoms with Crippen molar-refractivity contribution in [1.82, 2.24) is 0 Å². The van der Waals surface area contributed by atoms with Crippen molar-refractivity contribution in [2.45, 2.75) is 18.6 Å². The fourth-order valence-corrected chi connectivity index (χ4v) is 0.698. The zero-order chi connectivity index (χ0) is 9.99. The Hall–Kier alpha value is -1.00. The Kier molecular flexibility index (Phi) is 2.90. The average Bonchev–Trinajstić information content (AvgIpc) is 1.85. The van der Waals surface area contributed by atoms with Crippen LogP contribution in [0, 0.1) is 0 Å². The Labute approximate surface area is 70.4 Å². The van der Waals surface area contributed by atoms with Gasteiger partial charge < -0.3 is 0 Å². The second-order valence-electron chi connectivity index (χ2n) is 2.79. The molecule has 5 nitrogen and oxygen atoms in total. The lowest BCUT2D eigenvalue weighted by molar-refractivity contribution is -0.119. The van der Waals surface area contributed by atoms with Crippen molar-refractivity contribution in [1.29, 1.82) is 0 Å². The highest BCUT2D eigenvalue weighted by Gasteiger charge is 2.38. The number of isocyanates is 1. The first-order valence-corrected chi connectivity index (χ1v) is 4.94. The van der Waals surface area contributed by atoms with Gasteiger partial charge >= 0.3 is 0 Å². The van der Waals surface area contributed by atoms with Gasteiger partial charge in [0.1, 0.15) is 4.75 Å². The SMILES string of the molecule is CC(C)(C(=O)N=C=O)S(C)(=O)=O. The van der Waals surface area contributed by atoms with Crippen LogP contribution in [0.3, 0.4) is 0 Å². The first-order chi connectivity index (χ1) is 5.23. The van der Waals surface area contributed by atoms with Gasteiger partial charge in [0.25, 0.3) is 5.91 Å². The van der Waals surface area contributed by atoms with Crippen LogP contribution in [0.4, 0.5) is 0 Å². The molecule has 0 rings (SSSR count). The largest absolute Gasteiger partial charge is 0.277 e. The summed E-state index contributed by atoms with van der Waals surface area (Å²) in [5.41, 5.74) is 0. The van der Waals surface area contributed by atoms with Crippen LogP contribution in [-0.2, 0) is 19.4 Å². The molecule has 0 bridgehead atoms. The molecule has 0 heterocycles. The summed E-state index contributed by atoms with van der Waals surface area (Å²) in [5, 5.41) is 0. The number of rotatable bonds is 2. The van der Waals surface area contributed by atoms with Gasteiger partial charge in [-0.1, -0.05) is 0 Å². The van der Waals surface area contributed by atoms with Crippen molar-refractivity contribution >= 4 is 21.8 Å². The van der Waals surface area contributed by atoms with E-state index in [2.05, 4.69) is 4.99 Å². The molecule has 1 amide bonds. The molecule has 0 spiro atoms. The minimum Gasteiger partial charge on any atom is -0.270 e. The number of carbonyl (C=O) groups excluding carboxylic acids is 2. The van der Waals surface area contributed by atoms with Crippen LogP contribution in [0.2, 0.25) is 0 Å². The number of amides is 1. The lowest BCUT2D eigenvalue weighted by Crippen LogP contribution is -2.38. The van der Waals surface area contributed by atoms with E-state index in [9.17, 15) is 18.0 Å². The minimum atomic E-state index is -3.55. The van der Waals surface area contributed by atoms with Crippen LogP contribution in [0.25, 0.3) is 0 Å². The number of hydrogen-bond donors (Lipinski definition) is 0. The third-order valence-corrected chi connectivity index (χ3v) is 3.62. The van der Waals surface area contributed by atoms with Crippen LogP contribution in [0.1, 0.15) is 13.8 Å². The van der Waals surface area contributed by atoms with Crippen molar-refractivity contribution in [3.63, 3.8) is 0 Å². The number of hydrogen-bond acceptors (Lipinski definition) is 4. The van der Waals surface area contributed by atoms with E-state index in [1.54, 1.807) is 0 Å². The molecule has 0 unspecified atom stereocenters. The lowest BCUT2D eigenvalue weighted by Gasteiger charge is -2.16. The van der Waals surface area contributed by atoms with Crippen molar-refractivity contribution in [2.75, 3.05) is 6.26 Å². The van der Waals surface area contributed by atoms with E-state index in [1.807, 2.05) is 0 Å². The quantitative estimate of drug-likeness (QED) is 0.442. The molecule has 0 N–H and O–H groups in total. The van der Waals surface area contributed by atoms with Gasteiger partial charge in [-0.15, -0.1) is 4.99 Å². The van der Waals surface area contributed by atoms with Crippen LogP contribution >= 0.6 is 0 Å². The van der Waals surface area contributed by atoms with Gasteiger partial charge in [0.05, 0.1) is 0 Å². The van der Waals surface area contributed by atoms with Gasteiger partial charge in [0.2, 0.25) is 6.08 Å². The average molecular weight is 191 g/mol.